The lowest BCUT2D eigenvalue weighted by Crippen LogP contribution is -2.49. The first-order chi connectivity index (χ1) is 11.3. The number of ether oxygens (including phenoxy) is 1. The summed E-state index contributed by atoms with van der Waals surface area (Å²) in [6.07, 6.45) is -0.491. The van der Waals surface area contributed by atoms with E-state index in [-0.39, 0.29) is 19.6 Å². The van der Waals surface area contributed by atoms with Gasteiger partial charge in [-0.1, -0.05) is 30.3 Å². The van der Waals surface area contributed by atoms with Gasteiger partial charge in [-0.05, 0) is 19.4 Å². The summed E-state index contributed by atoms with van der Waals surface area (Å²) >= 11 is 0. The highest BCUT2D eigenvalue weighted by Gasteiger charge is 2.27. The van der Waals surface area contributed by atoms with E-state index in [2.05, 4.69) is 5.32 Å². The average Bonchev–Trinajstić information content (AvgIpc) is 2.52. The molecule has 0 aliphatic rings. The third kappa shape index (κ3) is 7.12. The maximum Gasteiger partial charge on any atom is 0.344 e. The van der Waals surface area contributed by atoms with Gasteiger partial charge in [-0.3, -0.25) is 4.57 Å². The van der Waals surface area contributed by atoms with E-state index in [4.69, 9.17) is 14.5 Å². The van der Waals surface area contributed by atoms with Gasteiger partial charge >= 0.3 is 19.6 Å². The minimum absolute atomic E-state index is 0.0951. The largest absolute Gasteiger partial charge is 0.464 e. The van der Waals surface area contributed by atoms with E-state index >= 15 is 0 Å². The average molecular weight is 358 g/mol. The summed E-state index contributed by atoms with van der Waals surface area (Å²) in [5.41, 5.74) is 0.828. The molecule has 1 rings (SSSR count). The van der Waals surface area contributed by atoms with E-state index in [0.29, 0.717) is 0 Å². The van der Waals surface area contributed by atoms with Crippen LogP contribution in [0, 0.1) is 0 Å². The summed E-state index contributed by atoms with van der Waals surface area (Å²) in [7, 11) is -4.39. The van der Waals surface area contributed by atoms with E-state index in [9.17, 15) is 14.2 Å². The molecule has 134 valence electrons. The number of hydrogen-bond donors (Lipinski definition) is 3. The summed E-state index contributed by atoms with van der Waals surface area (Å²) in [5, 5.41) is 2.49. The Morgan fingerprint density at radius 1 is 1.25 bits per heavy atom. The van der Waals surface area contributed by atoms with Crippen molar-refractivity contribution in [3.05, 3.63) is 35.9 Å². The molecule has 1 aromatic rings. The normalized spacial score (nSPS) is 12.3. The topological polar surface area (TPSA) is 116 Å². The lowest BCUT2D eigenvalue weighted by molar-refractivity contribution is -0.145. The molecule has 0 aromatic heterocycles. The standard InChI is InChI=1S/C15H23N2O6P/c1-3-17(11-24(20,21)22)15(19)16-13(14(18)23-4-2)10-12-8-6-5-7-9-12/h5-9,13H,3-4,10-11H2,1-2H3,(H,16,19)(H2,20,21,22)/t13-/m0/s1. The fourth-order valence-electron chi connectivity index (χ4n) is 2.06. The second kappa shape index (κ2) is 9.42. The Labute approximate surface area is 141 Å². The molecule has 2 amide bonds. The summed E-state index contributed by atoms with van der Waals surface area (Å²) < 4.78 is 16.1. The van der Waals surface area contributed by atoms with Gasteiger partial charge in [0.1, 0.15) is 12.3 Å². The van der Waals surface area contributed by atoms with Crippen LogP contribution in [0.2, 0.25) is 0 Å². The SMILES string of the molecule is CCOC(=O)[C@H](Cc1ccccc1)NC(=O)N(CC)CP(=O)(O)O. The van der Waals surface area contributed by atoms with Crippen LogP contribution in [0.1, 0.15) is 19.4 Å². The van der Waals surface area contributed by atoms with Crippen molar-refractivity contribution in [2.24, 2.45) is 0 Å². The fraction of sp³-hybridized carbons (Fsp3) is 0.467. The molecule has 0 unspecified atom stereocenters. The number of urea groups is 1. The predicted octanol–water partition coefficient (Wildman–Crippen LogP) is 1.33. The summed E-state index contributed by atoms with van der Waals surface area (Å²) in [5.74, 6) is -0.595. The van der Waals surface area contributed by atoms with Crippen molar-refractivity contribution >= 4 is 19.6 Å². The van der Waals surface area contributed by atoms with Crippen molar-refractivity contribution in [1.29, 1.82) is 0 Å². The quantitative estimate of drug-likeness (QED) is 0.477. The molecule has 0 heterocycles. The Bertz CT molecular complexity index is 589. The van der Waals surface area contributed by atoms with Gasteiger partial charge in [0, 0.05) is 13.0 Å². The van der Waals surface area contributed by atoms with Crippen molar-refractivity contribution in [2.45, 2.75) is 26.3 Å². The van der Waals surface area contributed by atoms with Gasteiger partial charge in [-0.25, -0.2) is 9.59 Å². The van der Waals surface area contributed by atoms with Crippen LogP contribution < -0.4 is 5.32 Å². The maximum absolute atomic E-state index is 12.2. The van der Waals surface area contributed by atoms with Crippen LogP contribution in [0.15, 0.2) is 30.3 Å². The molecule has 1 aromatic carbocycles. The number of esters is 1. The molecule has 0 radical (unpaired) electrons. The summed E-state index contributed by atoms with van der Waals surface area (Å²) in [6, 6.07) is 7.41. The molecule has 0 saturated carbocycles. The van der Waals surface area contributed by atoms with Crippen molar-refractivity contribution in [1.82, 2.24) is 10.2 Å². The molecule has 0 fully saturated rings. The third-order valence-electron chi connectivity index (χ3n) is 3.18. The molecule has 0 aliphatic carbocycles. The Hall–Kier alpha value is -1.89. The van der Waals surface area contributed by atoms with E-state index in [1.807, 2.05) is 30.3 Å². The fourth-order valence-corrected chi connectivity index (χ4v) is 2.83. The van der Waals surface area contributed by atoms with Crippen LogP contribution in [-0.2, 0) is 20.5 Å². The van der Waals surface area contributed by atoms with Crippen LogP contribution >= 0.6 is 7.60 Å². The Morgan fingerprint density at radius 2 is 1.88 bits per heavy atom. The van der Waals surface area contributed by atoms with E-state index in [1.165, 1.54) is 0 Å². The molecular weight excluding hydrogens is 335 g/mol. The first-order valence-electron chi connectivity index (χ1n) is 7.57. The van der Waals surface area contributed by atoms with Gasteiger partial charge in [0.15, 0.2) is 0 Å². The number of carbonyl (C=O) groups excluding carboxylic acids is 2. The molecule has 24 heavy (non-hydrogen) atoms. The molecule has 3 N–H and O–H groups in total. The third-order valence-corrected chi connectivity index (χ3v) is 3.89. The Morgan fingerprint density at radius 3 is 2.38 bits per heavy atom. The molecule has 0 bridgehead atoms. The van der Waals surface area contributed by atoms with Gasteiger partial charge in [0.2, 0.25) is 0 Å². The zero-order chi connectivity index (χ0) is 18.2. The van der Waals surface area contributed by atoms with Crippen LogP contribution in [-0.4, -0.2) is 52.2 Å². The number of rotatable bonds is 8. The van der Waals surface area contributed by atoms with Crippen LogP contribution in [0.25, 0.3) is 0 Å². The second-order valence-electron chi connectivity index (χ2n) is 5.11. The van der Waals surface area contributed by atoms with Gasteiger partial charge < -0.3 is 24.7 Å². The molecule has 0 spiro atoms. The van der Waals surface area contributed by atoms with Crippen LogP contribution in [0.4, 0.5) is 4.79 Å². The molecule has 0 saturated heterocycles. The van der Waals surface area contributed by atoms with E-state index in [1.54, 1.807) is 13.8 Å². The highest BCUT2D eigenvalue weighted by atomic mass is 31.2. The van der Waals surface area contributed by atoms with E-state index in [0.717, 1.165) is 10.5 Å². The zero-order valence-electron chi connectivity index (χ0n) is 13.7. The molecular formula is C15H23N2O6P. The number of benzene rings is 1. The Balaban J connectivity index is 2.84. The van der Waals surface area contributed by atoms with Crippen molar-refractivity contribution in [3.63, 3.8) is 0 Å². The summed E-state index contributed by atoms with van der Waals surface area (Å²) in [6.45, 7) is 3.51. The predicted molar refractivity (Wildman–Crippen MR) is 88.4 cm³/mol. The number of nitrogens with zero attached hydrogens (tertiary/aromatic N) is 1. The molecule has 1 atom stereocenters. The van der Waals surface area contributed by atoms with Crippen molar-refractivity contribution < 1.29 is 28.7 Å². The summed E-state index contributed by atoms with van der Waals surface area (Å²) in [4.78, 5) is 43.3. The van der Waals surface area contributed by atoms with Crippen LogP contribution in [0.5, 0.6) is 0 Å². The lowest BCUT2D eigenvalue weighted by atomic mass is 10.1. The number of nitrogens with one attached hydrogen (secondary N) is 1. The van der Waals surface area contributed by atoms with E-state index < -0.39 is 31.9 Å². The number of carbonyl (C=O) groups is 2. The first-order valence-corrected chi connectivity index (χ1v) is 9.37. The number of hydrogen-bond acceptors (Lipinski definition) is 4. The van der Waals surface area contributed by atoms with Crippen LogP contribution in [0.3, 0.4) is 0 Å². The van der Waals surface area contributed by atoms with Crippen molar-refractivity contribution in [2.75, 3.05) is 19.4 Å². The highest BCUT2D eigenvalue weighted by Crippen LogP contribution is 2.34. The van der Waals surface area contributed by atoms with Crippen molar-refractivity contribution in [3.8, 4) is 0 Å². The van der Waals surface area contributed by atoms with Gasteiger partial charge in [0.25, 0.3) is 0 Å². The highest BCUT2D eigenvalue weighted by molar-refractivity contribution is 7.51. The zero-order valence-corrected chi connectivity index (χ0v) is 14.6. The second-order valence-corrected chi connectivity index (χ2v) is 6.72. The minimum atomic E-state index is -4.39. The monoisotopic (exact) mass is 358 g/mol. The smallest absolute Gasteiger partial charge is 0.344 e. The lowest BCUT2D eigenvalue weighted by Gasteiger charge is -2.25. The minimum Gasteiger partial charge on any atom is -0.464 e. The number of amides is 2. The Kier molecular flexibility index (Phi) is 7.91. The van der Waals surface area contributed by atoms with Gasteiger partial charge in [-0.2, -0.15) is 0 Å². The molecule has 9 heteroatoms. The van der Waals surface area contributed by atoms with Gasteiger partial charge in [-0.15, -0.1) is 0 Å². The molecule has 0 aliphatic heterocycles. The molecule has 8 nitrogen and oxygen atoms in total. The first kappa shape index (κ1) is 20.2. The maximum atomic E-state index is 12.2. The van der Waals surface area contributed by atoms with Gasteiger partial charge in [0.05, 0.1) is 6.61 Å².